The van der Waals surface area contributed by atoms with Crippen LogP contribution in [0, 0.1) is 17.8 Å². The number of nitrogens with two attached hydrogens (primary N) is 1. The van der Waals surface area contributed by atoms with Crippen molar-refractivity contribution in [1.82, 2.24) is 15.3 Å². The van der Waals surface area contributed by atoms with Crippen LogP contribution in [-0.2, 0) is 38.2 Å². The molecule has 0 saturated carbocycles. The smallest absolute Gasteiger partial charge is 0.328 e. The van der Waals surface area contributed by atoms with E-state index in [4.69, 9.17) is 35.0 Å². The van der Waals surface area contributed by atoms with Crippen LogP contribution >= 0.6 is 36.2 Å². The number of carbonyl (C=O) groups is 7. The van der Waals surface area contributed by atoms with Crippen molar-refractivity contribution in [3.63, 3.8) is 0 Å². The van der Waals surface area contributed by atoms with E-state index >= 15 is 0 Å². The molecule has 3 aromatic carbocycles. The second-order valence-corrected chi connectivity index (χ2v) is 19.4. The Bertz CT molecular complexity index is 1990. The number of rotatable bonds is 18. The van der Waals surface area contributed by atoms with Gasteiger partial charge in [-0.25, -0.2) is 10.3 Å². The number of aliphatic carboxylic acids is 1. The zero-order valence-electron chi connectivity index (χ0n) is 42.4. The van der Waals surface area contributed by atoms with E-state index in [0.717, 1.165) is 34.7 Å². The standard InChI is InChI=1S/C17H23NO4S.C16H22N2O4S.C8H8O2.C7H15NO2.C2H4O2S/c1-11(2)9-14(17(20)22-4)18-15(19)10-23-16(18)12-5-7-13(21-3)8-6-12;1-10(2)8-13(15(20)17-21)18-14(19)9-23-16(18)11-4-6-12(22-3)7-5-11;1-10-8-4-2-7(6-9)3-5-8;1-5(2)4-6(8)7(9)10-3;3-2(4)1-5/h5-8,11,14,16H,9-10H2,1-4H3;4-7,10,13,16,21H,8-9H2,1-3H3,(H,17,20);2-6H,1H3;5-6H,4,8H2,1-3H3;5H,1H2,(H,3,4)/t14-,16?;13-,16?;;6-;/m00.0./s1. The first-order valence-electron chi connectivity index (χ1n) is 22.6. The Morgan fingerprint density at radius 2 is 1.01 bits per heavy atom. The number of nitrogens with one attached hydrogen (secondary N) is 1. The number of esters is 2. The van der Waals surface area contributed by atoms with Gasteiger partial charge in [0.2, 0.25) is 11.8 Å². The van der Waals surface area contributed by atoms with E-state index in [-0.39, 0.29) is 52.1 Å². The second-order valence-electron chi connectivity index (χ2n) is 17.0. The summed E-state index contributed by atoms with van der Waals surface area (Å²) < 4.78 is 24.6. The molecule has 2 aliphatic heterocycles. The van der Waals surface area contributed by atoms with E-state index in [9.17, 15) is 33.6 Å². The average Bonchev–Trinajstić information content (AvgIpc) is 3.95. The highest BCUT2D eigenvalue weighted by molar-refractivity contribution is 8.00. The summed E-state index contributed by atoms with van der Waals surface area (Å²) in [6, 6.07) is 20.3. The van der Waals surface area contributed by atoms with Crippen LogP contribution in [0.3, 0.4) is 0 Å². The lowest BCUT2D eigenvalue weighted by Gasteiger charge is -2.32. The van der Waals surface area contributed by atoms with Crippen molar-refractivity contribution in [3.8, 4) is 17.2 Å². The monoisotopic (exact) mass is 1050 g/mol. The number of nitrogens with zero attached hydrogens (tertiary/aromatic N) is 2. The molecule has 0 radical (unpaired) electrons. The number of hydrogen-bond acceptors (Lipinski definition) is 17. The van der Waals surface area contributed by atoms with Crippen LogP contribution in [0.5, 0.6) is 17.2 Å². The van der Waals surface area contributed by atoms with Crippen molar-refractivity contribution in [3.05, 3.63) is 89.5 Å². The van der Waals surface area contributed by atoms with Crippen LogP contribution in [0.4, 0.5) is 0 Å². The Hall–Kier alpha value is -5.48. The molecule has 2 aliphatic rings. The highest BCUT2D eigenvalue weighted by Crippen LogP contribution is 2.43. The quantitative estimate of drug-likeness (QED) is 0.0280. The number of carboxylic acid groups (broad SMARTS) is 1. The third-order valence-corrected chi connectivity index (χ3v) is 12.9. The first-order valence-corrected chi connectivity index (χ1v) is 25.3. The number of thiol groups is 1. The summed E-state index contributed by atoms with van der Waals surface area (Å²) in [5.41, 5.74) is 9.73. The maximum Gasteiger partial charge on any atom is 0.328 e. The summed E-state index contributed by atoms with van der Waals surface area (Å²) in [6.45, 7) is 12.1. The molecule has 3 aromatic rings. The second kappa shape index (κ2) is 34.0. The third-order valence-electron chi connectivity index (χ3n) is 10.2. The number of ether oxygens (including phenoxy) is 5. The number of hydroxylamine groups is 1. The fourth-order valence-corrected chi connectivity index (χ4v) is 9.26. The van der Waals surface area contributed by atoms with E-state index in [1.807, 2.05) is 90.1 Å². The van der Waals surface area contributed by atoms with Crippen LogP contribution in [0.25, 0.3) is 0 Å². The summed E-state index contributed by atoms with van der Waals surface area (Å²) in [6.07, 6.45) is 2.57. The number of benzene rings is 3. The van der Waals surface area contributed by atoms with Gasteiger partial charge in [0, 0.05) is 5.56 Å². The summed E-state index contributed by atoms with van der Waals surface area (Å²) in [5, 5.41) is 16.3. The lowest BCUT2D eigenvalue weighted by atomic mass is 10.0. The molecule has 2 unspecified atom stereocenters. The van der Waals surface area contributed by atoms with Crippen molar-refractivity contribution in [2.75, 3.05) is 52.8 Å². The highest BCUT2D eigenvalue weighted by Gasteiger charge is 2.42. The Morgan fingerprint density at radius 3 is 1.32 bits per heavy atom. The van der Waals surface area contributed by atoms with Gasteiger partial charge in [-0.3, -0.25) is 34.0 Å². The molecule has 2 fully saturated rings. The molecule has 0 aromatic heterocycles. The molecule has 3 amide bonds. The summed E-state index contributed by atoms with van der Waals surface area (Å²) >= 11 is 6.43. The molecule has 2 saturated heterocycles. The number of thioether (sulfide) groups is 2. The van der Waals surface area contributed by atoms with E-state index in [0.29, 0.717) is 42.2 Å². The molecule has 0 aliphatic carbocycles. The van der Waals surface area contributed by atoms with Gasteiger partial charge in [-0.2, -0.15) is 12.6 Å². The Kier molecular flexibility index (Phi) is 30.4. The van der Waals surface area contributed by atoms with Gasteiger partial charge >= 0.3 is 17.9 Å². The van der Waals surface area contributed by atoms with Crippen molar-refractivity contribution >= 4 is 78.1 Å². The minimum Gasteiger partial charge on any atom is -0.497 e. The first-order chi connectivity index (χ1) is 33.7. The highest BCUT2D eigenvalue weighted by atomic mass is 32.2. The van der Waals surface area contributed by atoms with Gasteiger partial charge in [-0.15, -0.1) is 23.5 Å². The molecule has 5 rings (SSSR count). The molecule has 0 spiro atoms. The first kappa shape index (κ1) is 63.5. The summed E-state index contributed by atoms with van der Waals surface area (Å²) in [5.74, 6) is 1.61. The third kappa shape index (κ3) is 22.2. The zero-order valence-corrected chi connectivity index (χ0v) is 44.9. The summed E-state index contributed by atoms with van der Waals surface area (Å²) in [4.78, 5) is 82.4. The number of hydrogen-bond donors (Lipinski definition) is 5. The number of carboxylic acids is 1. The molecule has 5 atom stereocenters. The van der Waals surface area contributed by atoms with E-state index in [2.05, 4.69) is 17.4 Å². The SMILES string of the molecule is COC(=O)[C@@H](N)CC(C)C.COC(=O)[C@H](CC(C)C)N1C(=O)CSC1c1ccc(OC)cc1.COc1ccc(C2SCC(=O)N2[C@@H](CC(C)C)C(=O)NO)cc1.COc1ccc(C=O)cc1.O=C(O)CS. The molecule has 5 N–H and O–H groups in total. The number of amides is 3. The normalized spacial score (nSPS) is 16.0. The topological polar surface area (TPSA) is 251 Å². The Morgan fingerprint density at radius 1 is 0.662 bits per heavy atom. The predicted molar refractivity (Wildman–Crippen MR) is 278 cm³/mol. The van der Waals surface area contributed by atoms with Crippen molar-refractivity contribution in [2.24, 2.45) is 23.5 Å². The van der Waals surface area contributed by atoms with Crippen molar-refractivity contribution in [1.29, 1.82) is 0 Å². The molecule has 71 heavy (non-hydrogen) atoms. The van der Waals surface area contributed by atoms with Gasteiger partial charge in [-0.1, -0.05) is 65.8 Å². The lowest BCUT2D eigenvalue weighted by molar-refractivity contribution is -0.153. The van der Waals surface area contributed by atoms with E-state index < -0.39 is 30.0 Å². The molecular formula is C50H72N4O14S3. The van der Waals surface area contributed by atoms with Crippen LogP contribution in [0.15, 0.2) is 72.8 Å². The van der Waals surface area contributed by atoms with Crippen LogP contribution in [0.2, 0.25) is 0 Å². The Balaban J connectivity index is 0.000000487. The van der Waals surface area contributed by atoms with Crippen molar-refractivity contribution < 1.29 is 67.6 Å². The maximum atomic E-state index is 12.4. The molecule has 2 heterocycles. The van der Waals surface area contributed by atoms with Crippen molar-refractivity contribution in [2.45, 2.75) is 89.7 Å². The van der Waals surface area contributed by atoms with Gasteiger partial charge in [-0.05, 0) is 96.7 Å². The van der Waals surface area contributed by atoms with E-state index in [1.165, 1.54) is 37.7 Å². The number of methoxy groups -OCH3 is 5. The minimum atomic E-state index is -0.881. The largest absolute Gasteiger partial charge is 0.497 e. The van der Waals surface area contributed by atoms with Gasteiger partial charge in [0.1, 0.15) is 52.4 Å². The van der Waals surface area contributed by atoms with Crippen LogP contribution < -0.4 is 25.4 Å². The number of carbonyl (C=O) groups excluding carboxylic acids is 6. The van der Waals surface area contributed by atoms with Gasteiger partial charge in [0.15, 0.2) is 0 Å². The zero-order chi connectivity index (χ0) is 53.8. The maximum absolute atomic E-state index is 12.4. The molecular weight excluding hydrogens is 977 g/mol. The van der Waals surface area contributed by atoms with Gasteiger partial charge in [0.05, 0.1) is 52.8 Å². The average molecular weight is 1050 g/mol. The molecule has 21 heteroatoms. The van der Waals surface area contributed by atoms with E-state index in [1.54, 1.807) is 60.9 Å². The minimum absolute atomic E-state index is 0.0214. The lowest BCUT2D eigenvalue weighted by Crippen LogP contribution is -2.48. The van der Waals surface area contributed by atoms with Crippen LogP contribution in [-0.4, -0.2) is 133 Å². The molecule has 394 valence electrons. The molecule has 0 bridgehead atoms. The van der Waals surface area contributed by atoms with Gasteiger partial charge < -0.3 is 44.3 Å². The Labute approximate surface area is 431 Å². The molecule has 18 nitrogen and oxygen atoms in total. The fraction of sp³-hybridized carbons (Fsp3) is 0.500. The summed E-state index contributed by atoms with van der Waals surface area (Å²) in [7, 11) is 7.52. The van der Waals surface area contributed by atoms with Crippen LogP contribution in [0.1, 0.15) is 93.0 Å². The fourth-order valence-electron chi connectivity index (χ4n) is 6.81. The predicted octanol–water partition coefficient (Wildman–Crippen LogP) is 7.09. The number of aldehydes is 1. The van der Waals surface area contributed by atoms with Gasteiger partial charge in [0.25, 0.3) is 5.91 Å².